The summed E-state index contributed by atoms with van der Waals surface area (Å²) in [4.78, 5) is 16.8. The van der Waals surface area contributed by atoms with Crippen LogP contribution in [0.25, 0.3) is 28.0 Å². The van der Waals surface area contributed by atoms with E-state index in [9.17, 15) is 18.0 Å². The maximum atomic E-state index is 13.2. The highest BCUT2D eigenvalue weighted by Crippen LogP contribution is 2.32. The van der Waals surface area contributed by atoms with E-state index in [0.717, 1.165) is 12.1 Å². The molecule has 0 unspecified atom stereocenters. The molecule has 0 aliphatic heterocycles. The molecule has 0 saturated carbocycles. The Morgan fingerprint density at radius 2 is 1.63 bits per heavy atom. The molecule has 3 nitrogen and oxygen atoms in total. The third-order valence-corrected chi connectivity index (χ3v) is 4.27. The molecule has 0 bridgehead atoms. The molecule has 0 N–H and O–H groups in total. The normalized spacial score (nSPS) is 11.7. The van der Waals surface area contributed by atoms with Gasteiger partial charge in [-0.25, -0.2) is 4.98 Å². The number of hydrogen-bond donors (Lipinski definition) is 0. The quantitative estimate of drug-likeness (QED) is 0.496. The molecule has 0 aliphatic rings. The zero-order chi connectivity index (χ0) is 19.0. The second-order valence-corrected chi connectivity index (χ2v) is 6.02. The van der Waals surface area contributed by atoms with Crippen molar-refractivity contribution in [3.63, 3.8) is 0 Å². The van der Waals surface area contributed by atoms with E-state index in [0.29, 0.717) is 22.3 Å². The highest BCUT2D eigenvalue weighted by atomic mass is 19.4. The van der Waals surface area contributed by atoms with Crippen LogP contribution in [0.1, 0.15) is 5.56 Å². The van der Waals surface area contributed by atoms with E-state index in [4.69, 9.17) is 0 Å². The number of fused-ring (bicyclic) bond motifs is 1. The molecule has 2 heterocycles. The van der Waals surface area contributed by atoms with Gasteiger partial charge in [-0.05, 0) is 35.9 Å². The Balaban J connectivity index is 2.10. The van der Waals surface area contributed by atoms with Gasteiger partial charge in [-0.2, -0.15) is 13.2 Å². The van der Waals surface area contributed by atoms with E-state index in [-0.39, 0.29) is 11.1 Å². The number of nitrogens with zero attached hydrogens (tertiary/aromatic N) is 2. The van der Waals surface area contributed by atoms with Crippen molar-refractivity contribution in [3.05, 3.63) is 94.8 Å². The molecular formula is C21H13F3N2O. The predicted molar refractivity (Wildman–Crippen MR) is 97.8 cm³/mol. The van der Waals surface area contributed by atoms with Crippen LogP contribution in [0.3, 0.4) is 0 Å². The van der Waals surface area contributed by atoms with Crippen molar-refractivity contribution in [2.24, 2.45) is 0 Å². The molecule has 4 aromatic rings. The number of alkyl halides is 3. The second kappa shape index (κ2) is 6.39. The van der Waals surface area contributed by atoms with Crippen molar-refractivity contribution in [1.29, 1.82) is 0 Å². The molecule has 6 heteroatoms. The summed E-state index contributed by atoms with van der Waals surface area (Å²) in [6.07, 6.45) is -2.95. The molecule has 4 rings (SSSR count). The number of hydrogen-bond acceptors (Lipinski definition) is 2. The van der Waals surface area contributed by atoms with Crippen LogP contribution >= 0.6 is 0 Å². The van der Waals surface area contributed by atoms with Crippen LogP contribution in [0.4, 0.5) is 13.2 Å². The van der Waals surface area contributed by atoms with Crippen LogP contribution in [0.5, 0.6) is 0 Å². The zero-order valence-corrected chi connectivity index (χ0v) is 13.9. The van der Waals surface area contributed by atoms with Crippen LogP contribution in [0.15, 0.2) is 83.8 Å². The standard InChI is InChI=1S/C21H13F3N2O/c22-21(23,24)15-8-4-9-16(12-15)26-18(14-6-2-1-3-7-14)13-19(27)17-10-5-11-25-20(17)26/h1-13H. The maximum Gasteiger partial charge on any atom is 0.416 e. The predicted octanol–water partition coefficient (Wildman–Crippen LogP) is 5.07. The van der Waals surface area contributed by atoms with Gasteiger partial charge < -0.3 is 0 Å². The van der Waals surface area contributed by atoms with Crippen molar-refractivity contribution in [2.75, 3.05) is 0 Å². The highest BCUT2D eigenvalue weighted by molar-refractivity contribution is 5.81. The number of benzene rings is 2. The lowest BCUT2D eigenvalue weighted by molar-refractivity contribution is -0.137. The molecule has 0 amide bonds. The third kappa shape index (κ3) is 3.10. The highest BCUT2D eigenvalue weighted by Gasteiger charge is 2.30. The molecule has 2 aromatic heterocycles. The number of halogens is 3. The molecule has 0 aliphatic carbocycles. The summed E-state index contributed by atoms with van der Waals surface area (Å²) in [6, 6.07) is 18.7. The second-order valence-electron chi connectivity index (χ2n) is 6.02. The van der Waals surface area contributed by atoms with Crippen molar-refractivity contribution >= 4 is 11.0 Å². The van der Waals surface area contributed by atoms with Crippen molar-refractivity contribution in [2.45, 2.75) is 6.18 Å². The Morgan fingerprint density at radius 3 is 2.37 bits per heavy atom. The van der Waals surface area contributed by atoms with Gasteiger partial charge in [0.05, 0.1) is 16.6 Å². The fourth-order valence-corrected chi connectivity index (χ4v) is 3.05. The molecule has 0 radical (unpaired) electrons. The van der Waals surface area contributed by atoms with E-state index >= 15 is 0 Å². The van der Waals surface area contributed by atoms with Crippen LogP contribution in [0.2, 0.25) is 0 Å². The average Bonchev–Trinajstić information content (AvgIpc) is 2.68. The summed E-state index contributed by atoms with van der Waals surface area (Å²) in [5.41, 5.74) is 0.781. The Labute approximate surface area is 152 Å². The summed E-state index contributed by atoms with van der Waals surface area (Å²) in [5, 5.41) is 0.342. The molecule has 0 atom stereocenters. The first-order valence-electron chi connectivity index (χ1n) is 8.19. The van der Waals surface area contributed by atoms with E-state index in [1.165, 1.54) is 18.3 Å². The number of pyridine rings is 2. The van der Waals surface area contributed by atoms with Crippen LogP contribution in [-0.2, 0) is 6.18 Å². The van der Waals surface area contributed by atoms with Gasteiger partial charge in [-0.1, -0.05) is 36.4 Å². The summed E-state index contributed by atoms with van der Waals surface area (Å²) >= 11 is 0. The largest absolute Gasteiger partial charge is 0.416 e. The van der Waals surface area contributed by atoms with E-state index in [2.05, 4.69) is 4.98 Å². The Bertz CT molecular complexity index is 1180. The molecular weight excluding hydrogens is 353 g/mol. The smallest absolute Gasteiger partial charge is 0.294 e. The Hall–Kier alpha value is -3.41. The Kier molecular flexibility index (Phi) is 4.03. The van der Waals surface area contributed by atoms with Gasteiger partial charge in [-0.15, -0.1) is 0 Å². The summed E-state index contributed by atoms with van der Waals surface area (Å²) in [7, 11) is 0. The molecule has 0 spiro atoms. The lowest BCUT2D eigenvalue weighted by Gasteiger charge is -2.18. The maximum absolute atomic E-state index is 13.2. The van der Waals surface area contributed by atoms with E-state index in [1.807, 2.05) is 6.07 Å². The minimum absolute atomic E-state index is 0.236. The van der Waals surface area contributed by atoms with Crippen molar-refractivity contribution in [1.82, 2.24) is 9.55 Å². The van der Waals surface area contributed by atoms with Crippen LogP contribution < -0.4 is 5.43 Å². The summed E-state index contributed by atoms with van der Waals surface area (Å²) in [5.74, 6) is 0. The molecule has 0 saturated heterocycles. The first kappa shape index (κ1) is 17.0. The third-order valence-electron chi connectivity index (χ3n) is 4.27. The first-order valence-corrected chi connectivity index (χ1v) is 8.19. The van der Waals surface area contributed by atoms with Crippen LogP contribution in [-0.4, -0.2) is 9.55 Å². The van der Waals surface area contributed by atoms with Gasteiger partial charge >= 0.3 is 6.18 Å². The first-order chi connectivity index (χ1) is 12.9. The Morgan fingerprint density at radius 1 is 0.852 bits per heavy atom. The van der Waals surface area contributed by atoms with Gasteiger partial charge in [0.25, 0.3) is 0 Å². The molecule has 2 aromatic carbocycles. The molecule has 0 fully saturated rings. The monoisotopic (exact) mass is 366 g/mol. The molecule has 27 heavy (non-hydrogen) atoms. The van der Waals surface area contributed by atoms with Gasteiger partial charge in [0, 0.05) is 18.0 Å². The van der Waals surface area contributed by atoms with Crippen molar-refractivity contribution < 1.29 is 13.2 Å². The van der Waals surface area contributed by atoms with Gasteiger partial charge in [0.2, 0.25) is 0 Å². The lowest BCUT2D eigenvalue weighted by Crippen LogP contribution is -2.13. The van der Waals surface area contributed by atoms with Gasteiger partial charge in [0.15, 0.2) is 5.43 Å². The number of rotatable bonds is 2. The fraction of sp³-hybridized carbons (Fsp3) is 0.0476. The topological polar surface area (TPSA) is 34.9 Å². The fourth-order valence-electron chi connectivity index (χ4n) is 3.05. The van der Waals surface area contributed by atoms with Crippen LogP contribution in [0, 0.1) is 0 Å². The van der Waals surface area contributed by atoms with E-state index < -0.39 is 11.7 Å². The van der Waals surface area contributed by atoms with Gasteiger partial charge in [-0.3, -0.25) is 9.36 Å². The number of aromatic nitrogens is 2. The average molecular weight is 366 g/mol. The minimum Gasteiger partial charge on any atom is -0.294 e. The van der Waals surface area contributed by atoms with Gasteiger partial charge in [0.1, 0.15) is 5.65 Å². The molecule has 134 valence electrons. The minimum atomic E-state index is -4.47. The lowest BCUT2D eigenvalue weighted by atomic mass is 10.1. The summed E-state index contributed by atoms with van der Waals surface area (Å²) < 4.78 is 41.2. The van der Waals surface area contributed by atoms with E-state index in [1.54, 1.807) is 47.0 Å². The van der Waals surface area contributed by atoms with Crippen molar-refractivity contribution in [3.8, 4) is 16.9 Å². The zero-order valence-electron chi connectivity index (χ0n) is 13.9. The SMILES string of the molecule is O=c1cc(-c2ccccc2)n(-c2cccc(C(F)(F)F)c2)c2ncccc12. The summed E-state index contributed by atoms with van der Waals surface area (Å²) in [6.45, 7) is 0.